The zero-order valence-corrected chi connectivity index (χ0v) is 22.8. The fourth-order valence-corrected chi connectivity index (χ4v) is 4.46. The van der Waals surface area contributed by atoms with Gasteiger partial charge in [0.25, 0.3) is 5.91 Å². The van der Waals surface area contributed by atoms with Gasteiger partial charge in [-0.3, -0.25) is 14.3 Å². The second-order valence-corrected chi connectivity index (χ2v) is 9.28. The summed E-state index contributed by atoms with van der Waals surface area (Å²) in [7, 11) is 1.66. The molecule has 0 aliphatic carbocycles. The lowest BCUT2D eigenvalue weighted by molar-refractivity contribution is -0.138. The van der Waals surface area contributed by atoms with E-state index in [9.17, 15) is 22.8 Å². The molecule has 40 heavy (non-hydrogen) atoms. The maximum absolute atomic E-state index is 13.9. The van der Waals surface area contributed by atoms with Gasteiger partial charge in [0.15, 0.2) is 5.65 Å². The molecule has 0 fully saturated rings. The van der Waals surface area contributed by atoms with Crippen molar-refractivity contribution in [3.63, 3.8) is 0 Å². The molecule has 0 saturated heterocycles. The van der Waals surface area contributed by atoms with Crippen molar-refractivity contribution in [2.24, 2.45) is 0 Å². The number of fused-ring (bicyclic) bond motifs is 1. The highest BCUT2D eigenvalue weighted by Crippen LogP contribution is 2.34. The number of aromatic nitrogens is 4. The van der Waals surface area contributed by atoms with Crippen molar-refractivity contribution in [3.8, 4) is 5.69 Å². The van der Waals surface area contributed by atoms with Crippen molar-refractivity contribution in [1.29, 1.82) is 0 Å². The normalized spacial score (nSPS) is 11.7. The van der Waals surface area contributed by atoms with E-state index >= 15 is 0 Å². The van der Waals surface area contributed by atoms with E-state index in [-0.39, 0.29) is 23.3 Å². The summed E-state index contributed by atoms with van der Waals surface area (Å²) in [6.45, 7) is 8.62. The number of rotatable bonds is 8. The van der Waals surface area contributed by atoms with Crippen LogP contribution in [0.3, 0.4) is 0 Å². The van der Waals surface area contributed by atoms with E-state index in [0.717, 1.165) is 11.6 Å². The molecule has 9 nitrogen and oxygen atoms in total. The summed E-state index contributed by atoms with van der Waals surface area (Å²) in [5.74, 6) is -0.379. The lowest BCUT2D eigenvalue weighted by atomic mass is 10.0. The van der Waals surface area contributed by atoms with Crippen LogP contribution in [-0.2, 0) is 12.7 Å². The molecule has 0 aliphatic rings. The Kier molecular flexibility index (Phi) is 8.19. The van der Waals surface area contributed by atoms with E-state index in [0.29, 0.717) is 41.5 Å². The number of hydrogen-bond acceptors (Lipinski definition) is 7. The molecule has 2 aromatic heterocycles. The lowest BCUT2D eigenvalue weighted by Crippen LogP contribution is -2.25. The van der Waals surface area contributed by atoms with Gasteiger partial charge >= 0.3 is 11.9 Å². The first kappa shape index (κ1) is 28.7. The van der Waals surface area contributed by atoms with Gasteiger partial charge in [-0.25, -0.2) is 9.78 Å². The summed E-state index contributed by atoms with van der Waals surface area (Å²) in [5, 5.41) is 6.03. The molecule has 0 spiro atoms. The van der Waals surface area contributed by atoms with Crippen LogP contribution in [0.2, 0.25) is 0 Å². The first-order valence-electron chi connectivity index (χ1n) is 12.8. The smallest absolute Gasteiger partial charge is 0.357 e. The molecule has 210 valence electrons. The van der Waals surface area contributed by atoms with Crippen molar-refractivity contribution in [2.75, 3.05) is 30.8 Å². The van der Waals surface area contributed by atoms with E-state index in [4.69, 9.17) is 0 Å². The quantitative estimate of drug-likeness (QED) is 0.318. The number of carbonyl (C=O) groups is 1. The molecular weight excluding hydrogens is 523 g/mol. The molecule has 12 heteroatoms. The third-order valence-corrected chi connectivity index (χ3v) is 6.78. The molecule has 2 aromatic carbocycles. The van der Waals surface area contributed by atoms with Gasteiger partial charge < -0.3 is 10.6 Å². The molecule has 0 radical (unpaired) electrons. The topological polar surface area (TPSA) is 105 Å². The fourth-order valence-electron chi connectivity index (χ4n) is 4.46. The Labute approximate surface area is 229 Å². The van der Waals surface area contributed by atoms with Gasteiger partial charge in [0.2, 0.25) is 5.95 Å². The van der Waals surface area contributed by atoms with Crippen LogP contribution in [0, 0.1) is 13.8 Å². The number of aryl methyl sites for hydroxylation is 2. The van der Waals surface area contributed by atoms with Gasteiger partial charge in [0.1, 0.15) is 0 Å². The van der Waals surface area contributed by atoms with E-state index < -0.39 is 23.3 Å². The van der Waals surface area contributed by atoms with Crippen molar-refractivity contribution >= 4 is 28.6 Å². The number of nitrogens with zero attached hydrogens (tertiary/aromatic N) is 5. The van der Waals surface area contributed by atoms with Gasteiger partial charge in [0.05, 0.1) is 16.6 Å². The Morgan fingerprint density at radius 3 is 2.42 bits per heavy atom. The average molecular weight is 554 g/mol. The van der Waals surface area contributed by atoms with Crippen LogP contribution in [0.4, 0.5) is 24.8 Å². The van der Waals surface area contributed by atoms with Crippen LogP contribution in [0.1, 0.15) is 46.6 Å². The number of benzene rings is 2. The summed E-state index contributed by atoms with van der Waals surface area (Å²) < 4.78 is 43.1. The van der Waals surface area contributed by atoms with E-state index in [1.165, 1.54) is 16.7 Å². The minimum atomic E-state index is -4.62. The highest BCUT2D eigenvalue weighted by atomic mass is 19.4. The van der Waals surface area contributed by atoms with E-state index in [1.54, 1.807) is 45.3 Å². The second-order valence-electron chi connectivity index (χ2n) is 9.28. The predicted molar refractivity (Wildman–Crippen MR) is 148 cm³/mol. The second kappa shape index (κ2) is 11.4. The Hall–Kier alpha value is -4.32. The number of carbonyl (C=O) groups excluding carboxylic acids is 1. The fraction of sp³-hybridized carbons (Fsp3) is 0.321. The molecule has 0 aliphatic heterocycles. The van der Waals surface area contributed by atoms with Gasteiger partial charge in [-0.05, 0) is 62.3 Å². The van der Waals surface area contributed by atoms with Crippen LogP contribution in [0.5, 0.6) is 0 Å². The summed E-state index contributed by atoms with van der Waals surface area (Å²) in [4.78, 5) is 40.5. The van der Waals surface area contributed by atoms with Crippen molar-refractivity contribution in [1.82, 2.24) is 24.4 Å². The predicted octanol–water partition coefficient (Wildman–Crippen LogP) is 4.95. The van der Waals surface area contributed by atoms with Crippen LogP contribution in [-0.4, -0.2) is 50.5 Å². The van der Waals surface area contributed by atoms with Crippen LogP contribution in [0.25, 0.3) is 16.7 Å². The number of nitrogens with one attached hydrogen (secondary N) is 2. The highest BCUT2D eigenvalue weighted by Gasteiger charge is 2.34. The van der Waals surface area contributed by atoms with Gasteiger partial charge in [0, 0.05) is 36.7 Å². The third kappa shape index (κ3) is 5.81. The molecular formula is C28H30F3N7O2. The Bertz CT molecular complexity index is 1630. The molecule has 4 rings (SSSR count). The van der Waals surface area contributed by atoms with Gasteiger partial charge in [-0.2, -0.15) is 23.1 Å². The summed E-state index contributed by atoms with van der Waals surface area (Å²) in [5.41, 5.74) is 0.828. The zero-order valence-electron chi connectivity index (χ0n) is 22.8. The number of alkyl halides is 3. The number of halogens is 3. The molecule has 2 N–H and O–H groups in total. The first-order chi connectivity index (χ1) is 19.0. The first-order valence-corrected chi connectivity index (χ1v) is 12.8. The van der Waals surface area contributed by atoms with E-state index in [1.807, 2.05) is 18.7 Å². The summed E-state index contributed by atoms with van der Waals surface area (Å²) in [6, 6.07) is 8.52. The molecule has 0 saturated carbocycles. The zero-order chi connectivity index (χ0) is 29.2. The maximum atomic E-state index is 13.9. The monoisotopic (exact) mass is 553 g/mol. The number of anilines is 2. The van der Waals surface area contributed by atoms with Crippen molar-refractivity contribution in [3.05, 3.63) is 81.0 Å². The largest absolute Gasteiger partial charge is 0.416 e. The van der Waals surface area contributed by atoms with Crippen LogP contribution >= 0.6 is 0 Å². The standard InChI is InChI=1S/C28H30F3N7O2/c1-6-37(7-2)15-19-10-9-18(12-22(19)28(29,30)31)25(39)34-20-11-8-16(3)23(13-20)38-17(4)21-14-33-26(32-5)35-24(21)36-27(38)40/h8-14H,6-7,15H2,1-5H3,(H,34,39)(H,32,35,36,40). The Balaban J connectivity index is 1.69. The lowest BCUT2D eigenvalue weighted by Gasteiger charge is -2.21. The number of amides is 1. The Morgan fingerprint density at radius 1 is 1.05 bits per heavy atom. The summed E-state index contributed by atoms with van der Waals surface area (Å²) >= 11 is 0. The minimum absolute atomic E-state index is 0.106. The molecule has 1 amide bonds. The van der Waals surface area contributed by atoms with Gasteiger partial charge in [-0.1, -0.05) is 26.0 Å². The average Bonchev–Trinajstić information content (AvgIpc) is 2.92. The molecule has 0 atom stereocenters. The molecule has 0 unspecified atom stereocenters. The van der Waals surface area contributed by atoms with Crippen LogP contribution in [0.15, 0.2) is 47.4 Å². The SMILES string of the molecule is CCN(CC)Cc1ccc(C(=O)Nc2ccc(C)c(-n3c(C)c4cnc(NC)nc4nc3=O)c2)cc1C(F)(F)F. The molecule has 0 bridgehead atoms. The van der Waals surface area contributed by atoms with E-state index in [2.05, 4.69) is 25.6 Å². The van der Waals surface area contributed by atoms with Crippen molar-refractivity contribution in [2.45, 2.75) is 40.4 Å². The summed E-state index contributed by atoms with van der Waals surface area (Å²) in [6.07, 6.45) is -3.05. The van der Waals surface area contributed by atoms with Gasteiger partial charge in [-0.15, -0.1) is 0 Å². The minimum Gasteiger partial charge on any atom is -0.357 e. The molecule has 4 aromatic rings. The molecule has 2 heterocycles. The number of hydrogen-bond donors (Lipinski definition) is 2. The highest BCUT2D eigenvalue weighted by molar-refractivity contribution is 6.04. The maximum Gasteiger partial charge on any atom is 0.416 e. The van der Waals surface area contributed by atoms with Crippen molar-refractivity contribution < 1.29 is 18.0 Å². The Morgan fingerprint density at radius 2 is 1.77 bits per heavy atom. The third-order valence-electron chi connectivity index (χ3n) is 6.78. The van der Waals surface area contributed by atoms with Crippen LogP contribution < -0.4 is 16.3 Å².